The Morgan fingerprint density at radius 1 is 1.07 bits per heavy atom. The molecule has 162 valence electrons. The van der Waals surface area contributed by atoms with Crippen LogP contribution in [0.3, 0.4) is 0 Å². The number of phenols is 1. The van der Waals surface area contributed by atoms with Crippen molar-refractivity contribution in [1.82, 2.24) is 15.5 Å². The number of nitrogens with zero attached hydrogens (tertiary/aromatic N) is 1. The zero-order chi connectivity index (χ0) is 22.6. The van der Waals surface area contributed by atoms with Gasteiger partial charge in [0, 0.05) is 18.2 Å². The lowest BCUT2D eigenvalue weighted by Crippen LogP contribution is -2.52. The third kappa shape index (κ3) is 7.63. The number of phenolic OH excluding ortho intramolecular Hbond substituents is 1. The Morgan fingerprint density at radius 3 is 2.10 bits per heavy atom. The molecule has 0 radical (unpaired) electrons. The SMILES string of the molecule is CC(NC(=O)OC(C)(C)C)C(=O)N(C)C(C(=O)NC(C)(C)C)c1ccccc1O. The van der Waals surface area contributed by atoms with Gasteiger partial charge in [0.05, 0.1) is 0 Å². The summed E-state index contributed by atoms with van der Waals surface area (Å²) in [5, 5.41) is 15.6. The summed E-state index contributed by atoms with van der Waals surface area (Å²) in [7, 11) is 1.45. The van der Waals surface area contributed by atoms with Crippen LogP contribution in [0.25, 0.3) is 0 Å². The first-order valence-corrected chi connectivity index (χ1v) is 9.48. The van der Waals surface area contributed by atoms with Crippen molar-refractivity contribution >= 4 is 17.9 Å². The fraction of sp³-hybridized carbons (Fsp3) is 0.571. The number of alkyl carbamates (subject to hydrolysis) is 1. The van der Waals surface area contributed by atoms with Gasteiger partial charge in [0.15, 0.2) is 0 Å². The van der Waals surface area contributed by atoms with Crippen LogP contribution in [-0.4, -0.2) is 52.1 Å². The van der Waals surface area contributed by atoms with Crippen LogP contribution in [0.5, 0.6) is 5.75 Å². The van der Waals surface area contributed by atoms with Gasteiger partial charge < -0.3 is 25.4 Å². The van der Waals surface area contributed by atoms with Gasteiger partial charge in [-0.05, 0) is 54.5 Å². The van der Waals surface area contributed by atoms with Gasteiger partial charge in [0.1, 0.15) is 23.4 Å². The molecule has 0 bridgehead atoms. The van der Waals surface area contributed by atoms with Crippen molar-refractivity contribution in [2.24, 2.45) is 0 Å². The van der Waals surface area contributed by atoms with Crippen molar-refractivity contribution in [3.63, 3.8) is 0 Å². The molecule has 0 heterocycles. The average Bonchev–Trinajstić information content (AvgIpc) is 2.52. The Balaban J connectivity index is 3.11. The number of para-hydroxylation sites is 1. The number of ether oxygens (including phenoxy) is 1. The number of rotatable bonds is 5. The monoisotopic (exact) mass is 407 g/mol. The van der Waals surface area contributed by atoms with E-state index < -0.39 is 41.1 Å². The fourth-order valence-electron chi connectivity index (χ4n) is 2.66. The van der Waals surface area contributed by atoms with Gasteiger partial charge in [0.2, 0.25) is 11.8 Å². The quantitative estimate of drug-likeness (QED) is 0.696. The van der Waals surface area contributed by atoms with Gasteiger partial charge >= 0.3 is 6.09 Å². The minimum absolute atomic E-state index is 0.103. The molecular formula is C21H33N3O5. The topological polar surface area (TPSA) is 108 Å². The van der Waals surface area contributed by atoms with Crippen LogP contribution in [-0.2, 0) is 14.3 Å². The van der Waals surface area contributed by atoms with E-state index >= 15 is 0 Å². The second-order valence-corrected chi connectivity index (χ2v) is 9.02. The van der Waals surface area contributed by atoms with Crippen molar-refractivity contribution in [3.8, 4) is 5.75 Å². The van der Waals surface area contributed by atoms with Gasteiger partial charge in [-0.25, -0.2) is 4.79 Å². The van der Waals surface area contributed by atoms with Crippen LogP contribution in [0.2, 0.25) is 0 Å². The molecule has 8 nitrogen and oxygen atoms in total. The first-order valence-electron chi connectivity index (χ1n) is 9.48. The summed E-state index contributed by atoms with van der Waals surface area (Å²) in [5.41, 5.74) is -0.956. The molecule has 0 aliphatic rings. The van der Waals surface area contributed by atoms with Gasteiger partial charge in [-0.2, -0.15) is 0 Å². The zero-order valence-electron chi connectivity index (χ0n) is 18.5. The molecule has 0 aliphatic carbocycles. The molecule has 8 heteroatoms. The molecule has 1 aromatic rings. The maximum absolute atomic E-state index is 13.0. The van der Waals surface area contributed by atoms with Crippen LogP contribution in [0.1, 0.15) is 60.1 Å². The van der Waals surface area contributed by atoms with Crippen LogP contribution in [0.4, 0.5) is 4.79 Å². The molecule has 29 heavy (non-hydrogen) atoms. The number of carbonyl (C=O) groups excluding carboxylic acids is 3. The van der Waals surface area contributed by atoms with E-state index in [0.717, 1.165) is 0 Å². The van der Waals surface area contributed by atoms with Crippen molar-refractivity contribution in [1.29, 1.82) is 0 Å². The average molecular weight is 408 g/mol. The highest BCUT2D eigenvalue weighted by molar-refractivity contribution is 5.92. The molecule has 2 atom stereocenters. The minimum Gasteiger partial charge on any atom is -0.508 e. The van der Waals surface area contributed by atoms with E-state index in [-0.39, 0.29) is 11.3 Å². The Hall–Kier alpha value is -2.77. The van der Waals surface area contributed by atoms with Crippen LogP contribution in [0.15, 0.2) is 24.3 Å². The van der Waals surface area contributed by atoms with Gasteiger partial charge in [0.25, 0.3) is 0 Å². The molecule has 1 rings (SSSR count). The maximum Gasteiger partial charge on any atom is 0.408 e. The minimum atomic E-state index is -1.08. The number of aromatic hydroxyl groups is 1. The molecule has 3 amide bonds. The highest BCUT2D eigenvalue weighted by Gasteiger charge is 2.34. The van der Waals surface area contributed by atoms with Crippen molar-refractivity contribution in [2.45, 2.75) is 71.7 Å². The zero-order valence-corrected chi connectivity index (χ0v) is 18.5. The van der Waals surface area contributed by atoms with E-state index in [2.05, 4.69) is 10.6 Å². The summed E-state index contributed by atoms with van der Waals surface area (Å²) in [6.45, 7) is 12.1. The van der Waals surface area contributed by atoms with Crippen molar-refractivity contribution in [2.75, 3.05) is 7.05 Å². The summed E-state index contributed by atoms with van der Waals surface area (Å²) in [6, 6.07) is 4.32. The van der Waals surface area contributed by atoms with Crippen molar-refractivity contribution in [3.05, 3.63) is 29.8 Å². The highest BCUT2D eigenvalue weighted by Crippen LogP contribution is 2.29. The Morgan fingerprint density at radius 2 is 1.62 bits per heavy atom. The van der Waals surface area contributed by atoms with Crippen LogP contribution < -0.4 is 10.6 Å². The predicted octanol–water partition coefficient (Wildman–Crippen LogP) is 2.72. The normalized spacial score (nSPS) is 13.8. The number of benzene rings is 1. The number of nitrogens with one attached hydrogen (secondary N) is 2. The highest BCUT2D eigenvalue weighted by atomic mass is 16.6. The van der Waals surface area contributed by atoms with E-state index in [0.29, 0.717) is 0 Å². The summed E-state index contributed by atoms with van der Waals surface area (Å²) >= 11 is 0. The smallest absolute Gasteiger partial charge is 0.408 e. The molecule has 0 spiro atoms. The first kappa shape index (κ1) is 24.3. The van der Waals surface area contributed by atoms with E-state index in [4.69, 9.17) is 4.74 Å². The molecule has 0 saturated carbocycles. The standard InChI is InChI=1S/C21H33N3O5/c1-13(22-19(28)29-21(5,6)7)18(27)24(8)16(17(26)23-20(2,3)4)14-11-9-10-12-15(14)25/h9-13,16,25H,1-8H3,(H,22,28)(H,23,26). The fourth-order valence-corrected chi connectivity index (χ4v) is 2.66. The molecular weight excluding hydrogens is 374 g/mol. The summed E-state index contributed by atoms with van der Waals surface area (Å²) < 4.78 is 5.18. The third-order valence-corrected chi connectivity index (χ3v) is 3.82. The van der Waals surface area contributed by atoms with E-state index in [9.17, 15) is 19.5 Å². The summed E-state index contributed by atoms with van der Waals surface area (Å²) in [4.78, 5) is 39.1. The predicted molar refractivity (Wildman–Crippen MR) is 110 cm³/mol. The second-order valence-electron chi connectivity index (χ2n) is 9.02. The Kier molecular flexibility index (Phi) is 7.66. The lowest BCUT2D eigenvalue weighted by atomic mass is 10.0. The lowest BCUT2D eigenvalue weighted by Gasteiger charge is -2.33. The largest absolute Gasteiger partial charge is 0.508 e. The van der Waals surface area contributed by atoms with Crippen LogP contribution in [0, 0.1) is 0 Å². The van der Waals surface area contributed by atoms with E-state index in [1.54, 1.807) is 39.0 Å². The summed E-state index contributed by atoms with van der Waals surface area (Å²) in [6.07, 6.45) is -0.731. The number of amides is 3. The third-order valence-electron chi connectivity index (χ3n) is 3.82. The number of carbonyl (C=O) groups is 3. The van der Waals surface area contributed by atoms with Crippen molar-refractivity contribution < 1.29 is 24.2 Å². The molecule has 1 aromatic carbocycles. The maximum atomic E-state index is 13.0. The number of likely N-dealkylation sites (N-methyl/N-ethyl adjacent to an activating group) is 1. The lowest BCUT2D eigenvalue weighted by molar-refractivity contribution is -0.141. The van der Waals surface area contributed by atoms with Gasteiger partial charge in [-0.1, -0.05) is 18.2 Å². The molecule has 0 saturated heterocycles. The molecule has 0 fully saturated rings. The molecule has 3 N–H and O–H groups in total. The molecule has 0 aromatic heterocycles. The van der Waals surface area contributed by atoms with E-state index in [1.807, 2.05) is 20.8 Å². The molecule has 0 aliphatic heterocycles. The number of hydrogen-bond acceptors (Lipinski definition) is 5. The summed E-state index contributed by atoms with van der Waals surface area (Å²) in [5.74, 6) is -1.05. The van der Waals surface area contributed by atoms with Gasteiger partial charge in [-0.3, -0.25) is 9.59 Å². The Labute approximate surface area is 172 Å². The molecule has 2 unspecified atom stereocenters. The second kappa shape index (κ2) is 9.15. The first-order chi connectivity index (χ1) is 13.1. The van der Waals surface area contributed by atoms with Gasteiger partial charge in [-0.15, -0.1) is 0 Å². The van der Waals surface area contributed by atoms with E-state index in [1.165, 1.54) is 24.9 Å². The van der Waals surface area contributed by atoms with Crippen LogP contribution >= 0.6 is 0 Å². The Bertz CT molecular complexity index is 749. The number of hydrogen-bond donors (Lipinski definition) is 3.